The summed E-state index contributed by atoms with van der Waals surface area (Å²) < 4.78 is 5.33. The zero-order valence-electron chi connectivity index (χ0n) is 13.8. The number of nitrogens with two attached hydrogens (primary N) is 1. The van der Waals surface area contributed by atoms with Gasteiger partial charge in [0, 0.05) is 24.1 Å². The van der Waals surface area contributed by atoms with Crippen molar-refractivity contribution in [1.29, 1.82) is 0 Å². The van der Waals surface area contributed by atoms with Crippen molar-refractivity contribution in [3.63, 3.8) is 0 Å². The quantitative estimate of drug-likeness (QED) is 0.870. The summed E-state index contributed by atoms with van der Waals surface area (Å²) in [6, 6.07) is 0. The first-order valence-electron chi connectivity index (χ1n) is 8.02. The molecular weight excluding hydrogens is 302 g/mol. The maximum atomic E-state index is 12.5. The Labute approximate surface area is 138 Å². The van der Waals surface area contributed by atoms with Crippen LogP contribution in [0.4, 0.5) is 0 Å². The number of amides is 1. The van der Waals surface area contributed by atoms with Crippen LogP contribution < -0.4 is 11.1 Å². The highest BCUT2D eigenvalue weighted by Crippen LogP contribution is 2.31. The Kier molecular flexibility index (Phi) is 6.88. The summed E-state index contributed by atoms with van der Waals surface area (Å²) >= 11 is 0. The summed E-state index contributed by atoms with van der Waals surface area (Å²) in [6.07, 6.45) is 5.59. The summed E-state index contributed by atoms with van der Waals surface area (Å²) in [7, 11) is 0. The van der Waals surface area contributed by atoms with Crippen molar-refractivity contribution in [2.75, 3.05) is 0 Å². The van der Waals surface area contributed by atoms with Crippen molar-refractivity contribution in [3.8, 4) is 0 Å². The molecule has 126 valence electrons. The minimum absolute atomic E-state index is 0. The van der Waals surface area contributed by atoms with E-state index in [1.807, 2.05) is 20.8 Å². The van der Waals surface area contributed by atoms with Crippen LogP contribution in [-0.4, -0.2) is 16.6 Å². The number of nitrogens with zero attached hydrogens (tertiary/aromatic N) is 1. The summed E-state index contributed by atoms with van der Waals surface area (Å²) in [4.78, 5) is 12.5. The van der Waals surface area contributed by atoms with E-state index in [0.717, 1.165) is 55.5 Å². The lowest BCUT2D eigenvalue weighted by atomic mass is 9.74. The number of carbonyl (C=O) groups is 1. The van der Waals surface area contributed by atoms with Crippen LogP contribution in [-0.2, 0) is 24.2 Å². The van der Waals surface area contributed by atoms with Gasteiger partial charge in [-0.15, -0.1) is 12.4 Å². The molecule has 2 unspecified atom stereocenters. The van der Waals surface area contributed by atoms with E-state index in [1.165, 1.54) is 0 Å². The molecule has 0 aromatic carbocycles. The van der Waals surface area contributed by atoms with E-state index in [1.54, 1.807) is 0 Å². The number of nitrogens with one attached hydrogen (secondary N) is 1. The normalized spacial score (nSPS) is 24.6. The van der Waals surface area contributed by atoms with Crippen molar-refractivity contribution >= 4 is 18.3 Å². The molecule has 1 aliphatic rings. The average Bonchev–Trinajstić information content (AvgIpc) is 2.86. The van der Waals surface area contributed by atoms with Crippen molar-refractivity contribution in [2.45, 2.75) is 71.4 Å². The van der Waals surface area contributed by atoms with E-state index in [4.69, 9.17) is 10.3 Å². The fraction of sp³-hybridized carbons (Fsp3) is 0.750. The molecule has 1 saturated carbocycles. The second-order valence-electron chi connectivity index (χ2n) is 6.26. The van der Waals surface area contributed by atoms with Gasteiger partial charge < -0.3 is 15.6 Å². The Morgan fingerprint density at radius 3 is 2.73 bits per heavy atom. The van der Waals surface area contributed by atoms with Crippen molar-refractivity contribution in [2.24, 2.45) is 11.7 Å². The van der Waals surface area contributed by atoms with Gasteiger partial charge >= 0.3 is 0 Å². The van der Waals surface area contributed by atoms with Gasteiger partial charge in [-0.2, -0.15) is 0 Å². The summed E-state index contributed by atoms with van der Waals surface area (Å²) in [5.74, 6) is 0.831. The van der Waals surface area contributed by atoms with Crippen molar-refractivity contribution in [3.05, 3.63) is 17.0 Å². The standard InChI is InChI=1S/C16H27N3O2.ClH/c1-4-13-11(14(5-2)21-19-13)10-18-15(20)12-8-6-7-9-16(12,3)17;/h12H,4-10,17H2,1-3H3,(H,18,20);1H. The summed E-state index contributed by atoms with van der Waals surface area (Å²) in [5.41, 5.74) is 7.87. The third kappa shape index (κ3) is 4.02. The highest BCUT2D eigenvalue weighted by Gasteiger charge is 2.37. The Balaban J connectivity index is 0.00000242. The third-order valence-electron chi connectivity index (χ3n) is 4.62. The van der Waals surface area contributed by atoms with Crippen LogP contribution in [0.3, 0.4) is 0 Å². The molecule has 2 atom stereocenters. The van der Waals surface area contributed by atoms with Crippen LogP contribution in [0.1, 0.15) is 63.5 Å². The molecule has 0 bridgehead atoms. The first kappa shape index (κ1) is 19.0. The maximum Gasteiger partial charge on any atom is 0.225 e. The fourth-order valence-electron chi connectivity index (χ4n) is 3.23. The highest BCUT2D eigenvalue weighted by molar-refractivity contribution is 5.85. The van der Waals surface area contributed by atoms with E-state index in [2.05, 4.69) is 10.5 Å². The van der Waals surface area contributed by atoms with Crippen molar-refractivity contribution in [1.82, 2.24) is 10.5 Å². The lowest BCUT2D eigenvalue weighted by Crippen LogP contribution is -2.52. The van der Waals surface area contributed by atoms with Crippen LogP contribution in [0.2, 0.25) is 0 Å². The lowest BCUT2D eigenvalue weighted by molar-refractivity contribution is -0.128. The lowest BCUT2D eigenvalue weighted by Gasteiger charge is -2.37. The highest BCUT2D eigenvalue weighted by atomic mass is 35.5. The number of halogens is 1. The molecule has 6 heteroatoms. The van der Waals surface area contributed by atoms with Gasteiger partial charge in [0.05, 0.1) is 11.6 Å². The molecular formula is C16H28ClN3O2. The predicted octanol–water partition coefficient (Wildman–Crippen LogP) is 2.75. The number of hydrogen-bond donors (Lipinski definition) is 2. The van der Waals surface area contributed by atoms with Gasteiger partial charge in [0.15, 0.2) is 0 Å². The maximum absolute atomic E-state index is 12.5. The first-order valence-corrected chi connectivity index (χ1v) is 8.02. The van der Waals surface area contributed by atoms with E-state index in [9.17, 15) is 4.79 Å². The first-order chi connectivity index (χ1) is 9.99. The molecule has 1 aliphatic carbocycles. The number of rotatable bonds is 5. The Morgan fingerprint density at radius 2 is 2.14 bits per heavy atom. The molecule has 1 fully saturated rings. The monoisotopic (exact) mass is 329 g/mol. The third-order valence-corrected chi connectivity index (χ3v) is 4.62. The molecule has 0 radical (unpaired) electrons. The Morgan fingerprint density at radius 1 is 1.41 bits per heavy atom. The van der Waals surface area contributed by atoms with Crippen LogP contribution in [0, 0.1) is 5.92 Å². The van der Waals surface area contributed by atoms with Crippen LogP contribution in [0.25, 0.3) is 0 Å². The van der Waals surface area contributed by atoms with Gasteiger partial charge in [-0.25, -0.2) is 0 Å². The second kappa shape index (κ2) is 7.97. The predicted molar refractivity (Wildman–Crippen MR) is 88.9 cm³/mol. The van der Waals surface area contributed by atoms with Gasteiger partial charge in [0.2, 0.25) is 5.91 Å². The van der Waals surface area contributed by atoms with Gasteiger partial charge in [0.1, 0.15) is 5.76 Å². The molecule has 3 N–H and O–H groups in total. The van der Waals surface area contributed by atoms with E-state index in [-0.39, 0.29) is 24.2 Å². The summed E-state index contributed by atoms with van der Waals surface area (Å²) in [5, 5.41) is 7.11. The summed E-state index contributed by atoms with van der Waals surface area (Å²) in [6.45, 7) is 6.55. The van der Waals surface area contributed by atoms with Gasteiger partial charge in [0.25, 0.3) is 0 Å². The average molecular weight is 330 g/mol. The van der Waals surface area contributed by atoms with E-state index < -0.39 is 5.54 Å². The second-order valence-corrected chi connectivity index (χ2v) is 6.26. The number of hydrogen-bond acceptors (Lipinski definition) is 4. The molecule has 1 heterocycles. The number of aromatic nitrogens is 1. The largest absolute Gasteiger partial charge is 0.361 e. The topological polar surface area (TPSA) is 81.2 Å². The fourth-order valence-corrected chi connectivity index (χ4v) is 3.23. The van der Waals surface area contributed by atoms with E-state index >= 15 is 0 Å². The van der Waals surface area contributed by atoms with Crippen LogP contribution >= 0.6 is 12.4 Å². The van der Waals surface area contributed by atoms with Gasteiger partial charge in [-0.1, -0.05) is 31.8 Å². The molecule has 0 spiro atoms. The zero-order chi connectivity index (χ0) is 15.5. The van der Waals surface area contributed by atoms with Gasteiger partial charge in [-0.3, -0.25) is 4.79 Å². The molecule has 2 rings (SSSR count). The SMILES string of the molecule is CCc1noc(CC)c1CNC(=O)C1CCCCC1(C)N.Cl. The molecule has 0 aliphatic heterocycles. The van der Waals surface area contributed by atoms with Crippen molar-refractivity contribution < 1.29 is 9.32 Å². The minimum Gasteiger partial charge on any atom is -0.361 e. The molecule has 5 nitrogen and oxygen atoms in total. The van der Waals surface area contributed by atoms with E-state index in [0.29, 0.717) is 6.54 Å². The van der Waals surface area contributed by atoms with Crippen LogP contribution in [0.5, 0.6) is 0 Å². The van der Waals surface area contributed by atoms with Crippen LogP contribution in [0.15, 0.2) is 4.52 Å². The smallest absolute Gasteiger partial charge is 0.225 e. The molecule has 0 saturated heterocycles. The number of carbonyl (C=O) groups excluding carboxylic acids is 1. The molecule has 1 aromatic heterocycles. The molecule has 1 aromatic rings. The van der Waals surface area contributed by atoms with Gasteiger partial charge in [-0.05, 0) is 26.2 Å². The Hall–Kier alpha value is -1.07. The Bertz CT molecular complexity index is 478. The molecule has 22 heavy (non-hydrogen) atoms. The number of aryl methyl sites for hydroxylation is 2. The zero-order valence-corrected chi connectivity index (χ0v) is 14.6. The minimum atomic E-state index is -0.391. The molecule has 1 amide bonds.